The van der Waals surface area contributed by atoms with E-state index in [0.717, 1.165) is 6.42 Å². The molecule has 9 rings (SSSR count). The first-order valence-electron chi connectivity index (χ1n) is 45.3. The summed E-state index contributed by atoms with van der Waals surface area (Å²) >= 11 is 1.26. The van der Waals surface area contributed by atoms with E-state index in [-0.39, 0.29) is 174 Å². The molecule has 0 aliphatic carbocycles. The van der Waals surface area contributed by atoms with Crippen molar-refractivity contribution in [3.63, 3.8) is 0 Å². The molecule has 9 aliphatic heterocycles. The molecule has 0 aromatic heterocycles. The lowest BCUT2D eigenvalue weighted by molar-refractivity contribution is -0.320. The Kier molecular flexibility index (Phi) is 37.0. The normalized spacial score (nSPS) is 48.8. The van der Waals surface area contributed by atoms with E-state index in [1.165, 1.54) is 11.8 Å². The van der Waals surface area contributed by atoms with Gasteiger partial charge >= 0.3 is 0 Å². The predicted molar refractivity (Wildman–Crippen MR) is 439 cm³/mol. The summed E-state index contributed by atoms with van der Waals surface area (Å²) in [5.41, 5.74) is 0. The van der Waals surface area contributed by atoms with Crippen LogP contribution in [0.15, 0.2) is 0 Å². The Morgan fingerprint density at radius 1 is 0.257 bits per heavy atom. The Morgan fingerprint density at radius 2 is 0.442 bits per heavy atom. The van der Waals surface area contributed by atoms with E-state index < -0.39 is 37.7 Å². The van der Waals surface area contributed by atoms with Crippen LogP contribution >= 0.6 is 11.8 Å². The predicted octanol–water partition coefficient (Wildman–Crippen LogP) is 16.8. The molecule has 9 fully saturated rings. The second-order valence-electron chi connectivity index (χ2n) is 38.7. The molecular weight excluding hydrogens is 1460 g/mol. The maximum atomic E-state index is 12.3. The zero-order valence-electron chi connectivity index (χ0n) is 75.7. The number of carbonyl (C=O) groups excluding carboxylic acids is 2. The summed E-state index contributed by atoms with van der Waals surface area (Å²) in [6, 6.07) is 0. The van der Waals surface area contributed by atoms with Crippen LogP contribution in [0, 0.1) is 160 Å². The van der Waals surface area contributed by atoms with Crippen molar-refractivity contribution in [1.82, 2.24) is 5.32 Å². The van der Waals surface area contributed by atoms with Crippen molar-refractivity contribution >= 4 is 22.8 Å². The van der Waals surface area contributed by atoms with Gasteiger partial charge < -0.3 is 90.6 Å². The van der Waals surface area contributed by atoms with Gasteiger partial charge in [-0.25, -0.2) is 0 Å². The van der Waals surface area contributed by atoms with Gasteiger partial charge in [-0.1, -0.05) is 206 Å². The average molecular weight is 1620 g/mol. The smallest absolute Gasteiger partial charge is 0.220 e. The van der Waals surface area contributed by atoms with Crippen LogP contribution in [0.5, 0.6) is 0 Å². The summed E-state index contributed by atoms with van der Waals surface area (Å²) in [6.45, 7) is 69.3. The second kappa shape index (κ2) is 43.7. The maximum absolute atomic E-state index is 12.3. The topological polar surface area (TPSA) is 212 Å². The quantitative estimate of drug-likeness (QED) is 0.0593. The fraction of sp³-hybridized carbons (Fsp3) is 0.978. The number of rotatable bonds is 34. The van der Waals surface area contributed by atoms with Crippen molar-refractivity contribution in [2.45, 2.75) is 338 Å². The van der Waals surface area contributed by atoms with Gasteiger partial charge in [0.25, 0.3) is 0 Å². The Labute approximate surface area is 689 Å². The maximum Gasteiger partial charge on any atom is 0.220 e. The van der Waals surface area contributed by atoms with Gasteiger partial charge in [0.05, 0.1) is 114 Å². The van der Waals surface area contributed by atoms with E-state index in [4.69, 9.17) is 85.3 Å². The number of hydrogen-bond donors (Lipinski definition) is 1. The minimum atomic E-state index is -0.452. The van der Waals surface area contributed by atoms with E-state index in [9.17, 15) is 9.59 Å². The van der Waals surface area contributed by atoms with E-state index in [1.54, 1.807) is 6.92 Å². The third-order valence-corrected chi connectivity index (χ3v) is 33.3. The standard InChI is InChI=1S/C91H163NO20S/c1-30-73-54(11)45(2)64(21)84(104-73)96-38-75-56(13)47(4)66(23)86(106-75)98-40-77-58(15)49(6)68(25)88(108-77)100-42-79-60(17)51(8)70(27)90(110-79)102-44-81-62(19)53(10)71(28)91(112-81)103-43-80-61(18)52(9)69(26)89(111-80)101-41-78-59(16)50(7)67(24)87(109-78)99-39-76-57(14)48(5)65(22)85(107-76)97-37-74-55(12)46(3)63(20)83(105-74)95-35-32-34-92-82(94)33-31-36-113-72(29)93/h45-71,73-81,83-91H,30-44H2,1-29H3,(H,92,94)/t45-,46-,47-,48-,49-,50-,51-,52-,53-,54+,55+,56+,57+,58+,59+,60+,61+,62+,63?,64?,65?,66?,67?,68?,69?,70?,71?,73?,74?,75?,76?,77?,78?,79?,80?,81?,83+,84+,85+,86+,87+,88+,89+,90+,91+/m0/s1. The first-order chi connectivity index (χ1) is 53.4. The molecule has 0 aromatic carbocycles. The lowest BCUT2D eigenvalue weighted by Gasteiger charge is -2.48. The molecule has 113 heavy (non-hydrogen) atoms. The number of amides is 1. The molecule has 0 spiro atoms. The molecule has 18 unspecified atom stereocenters. The zero-order valence-corrected chi connectivity index (χ0v) is 76.5. The van der Waals surface area contributed by atoms with Crippen LogP contribution in [0.25, 0.3) is 0 Å². The Bertz CT molecular complexity index is 2810. The fourth-order valence-electron chi connectivity index (χ4n) is 19.6. The second-order valence-corrected chi connectivity index (χ2v) is 39.9. The van der Waals surface area contributed by atoms with Gasteiger partial charge in [0.15, 0.2) is 61.7 Å². The van der Waals surface area contributed by atoms with Gasteiger partial charge in [-0.05, 0) is 126 Å². The van der Waals surface area contributed by atoms with Crippen molar-refractivity contribution in [1.29, 1.82) is 0 Å². The Morgan fingerprint density at radius 3 is 0.637 bits per heavy atom. The van der Waals surface area contributed by atoms with Gasteiger partial charge in [-0.3, -0.25) is 9.59 Å². The van der Waals surface area contributed by atoms with Crippen LogP contribution in [0.4, 0.5) is 0 Å². The largest absolute Gasteiger partial charge is 0.356 e. The van der Waals surface area contributed by atoms with E-state index >= 15 is 0 Å². The zero-order chi connectivity index (χ0) is 82.9. The SMILES string of the molecule is CCC1O[C@@H](OCC2O[C@@H](OCC3O[C@@H](OCC4O[C@@H](OCC5O[C@@H](OCC6O[C@@H](OCC7O[C@@H](OCC8O[C@@H](OCC9O[C@@H](OCCCNC(=O)CCCSC(C)=O)C(C)[C@@H](C)[C@H]9C)C(C)[C@@H](C)[C@H]8C)C(C)[C@@H](C)[C@H]7C)C(C)[C@@H](C)[C@H]6C)C(C)[C@@H](C)[C@H]5C)C(C)[C@@H](C)[C@H]4C)C(C)[C@@H](C)[C@H]3C)C(C)[C@@H](C)[C@H]2C)C(C)[C@@H](C)[C@H]1C. The van der Waals surface area contributed by atoms with Crippen LogP contribution in [0.1, 0.15) is 226 Å². The lowest BCUT2D eigenvalue weighted by Crippen LogP contribution is -2.53. The minimum absolute atomic E-state index is 0.00407. The van der Waals surface area contributed by atoms with Gasteiger partial charge in [-0.2, -0.15) is 0 Å². The summed E-state index contributed by atoms with van der Waals surface area (Å²) < 4.78 is 123. The molecule has 0 aromatic rings. The summed E-state index contributed by atoms with van der Waals surface area (Å²) in [7, 11) is 0. The summed E-state index contributed by atoms with van der Waals surface area (Å²) in [4.78, 5) is 23.6. The van der Waals surface area contributed by atoms with E-state index in [2.05, 4.69) is 199 Å². The molecule has 1 amide bonds. The van der Waals surface area contributed by atoms with Crippen LogP contribution in [0.2, 0.25) is 0 Å². The molecule has 9 aliphatic rings. The summed E-state index contributed by atoms with van der Waals surface area (Å²) in [6.07, 6.45) is -2.22. The third kappa shape index (κ3) is 23.6. The molecule has 22 heteroatoms. The summed E-state index contributed by atoms with van der Waals surface area (Å²) in [5.74, 6) is 7.68. The highest BCUT2D eigenvalue weighted by Crippen LogP contribution is 2.47. The van der Waals surface area contributed by atoms with Gasteiger partial charge in [-0.15, -0.1) is 0 Å². The summed E-state index contributed by atoms with van der Waals surface area (Å²) in [5, 5.41) is 3.06. The third-order valence-electron chi connectivity index (χ3n) is 32.4. The molecule has 21 nitrogen and oxygen atoms in total. The van der Waals surface area contributed by atoms with Crippen molar-refractivity contribution in [3.05, 3.63) is 0 Å². The Balaban J connectivity index is 0.721. The first-order valence-corrected chi connectivity index (χ1v) is 46.3. The van der Waals surface area contributed by atoms with Crippen LogP contribution in [-0.2, 0) is 94.9 Å². The highest BCUT2D eigenvalue weighted by atomic mass is 32.2. The molecular formula is C91H163NO20S. The molecule has 45 atom stereocenters. The lowest BCUT2D eigenvalue weighted by atomic mass is 9.78. The van der Waals surface area contributed by atoms with Gasteiger partial charge in [0.2, 0.25) is 5.91 Å². The van der Waals surface area contributed by atoms with Gasteiger partial charge in [0.1, 0.15) is 0 Å². The van der Waals surface area contributed by atoms with Crippen LogP contribution in [0.3, 0.4) is 0 Å². The molecule has 0 bridgehead atoms. The van der Waals surface area contributed by atoms with Crippen LogP contribution < -0.4 is 5.32 Å². The first kappa shape index (κ1) is 95.6. The van der Waals surface area contributed by atoms with Crippen molar-refractivity contribution in [3.8, 4) is 0 Å². The van der Waals surface area contributed by atoms with E-state index in [0.29, 0.717) is 162 Å². The number of hydrogen-bond acceptors (Lipinski definition) is 21. The monoisotopic (exact) mass is 1620 g/mol. The number of carbonyl (C=O) groups is 2. The molecule has 1 N–H and O–H groups in total. The molecule has 9 saturated heterocycles. The number of ether oxygens (including phenoxy) is 18. The number of nitrogens with one attached hydrogen (secondary N) is 1. The number of thioether (sulfide) groups is 1. The highest BCUT2D eigenvalue weighted by Gasteiger charge is 2.51. The fourth-order valence-corrected chi connectivity index (χ4v) is 20.2. The highest BCUT2D eigenvalue weighted by molar-refractivity contribution is 8.13. The Hall–Kier alpha value is -1.23. The molecule has 0 radical (unpaired) electrons. The molecule has 658 valence electrons. The van der Waals surface area contributed by atoms with Crippen molar-refractivity contribution in [2.75, 3.05) is 71.8 Å². The van der Waals surface area contributed by atoms with Crippen molar-refractivity contribution in [2.24, 2.45) is 160 Å². The van der Waals surface area contributed by atoms with Crippen LogP contribution in [-0.4, -0.2) is 194 Å². The van der Waals surface area contributed by atoms with E-state index in [1.807, 2.05) is 0 Å². The minimum Gasteiger partial charge on any atom is -0.356 e. The average Bonchev–Trinajstić information content (AvgIpc) is 1.10. The molecule has 9 heterocycles. The molecule has 0 saturated carbocycles. The van der Waals surface area contributed by atoms with Crippen molar-refractivity contribution < 1.29 is 94.9 Å². The van der Waals surface area contributed by atoms with Gasteiger partial charge in [0, 0.05) is 78.9 Å².